The number of benzene rings is 1. The van der Waals surface area contributed by atoms with Crippen LogP contribution in [0.15, 0.2) is 24.3 Å². The molecule has 1 fully saturated rings. The van der Waals surface area contributed by atoms with Crippen LogP contribution in [0.3, 0.4) is 0 Å². The molecule has 2 aromatic rings. The van der Waals surface area contributed by atoms with Gasteiger partial charge >= 0.3 is 0 Å². The van der Waals surface area contributed by atoms with Gasteiger partial charge in [0.2, 0.25) is 5.91 Å². The molecule has 1 aromatic carbocycles. The van der Waals surface area contributed by atoms with Crippen molar-refractivity contribution in [3.05, 3.63) is 46.8 Å². The highest BCUT2D eigenvalue weighted by Gasteiger charge is 2.25. The fourth-order valence-corrected chi connectivity index (χ4v) is 3.89. The molecule has 6 heteroatoms. The largest absolute Gasteiger partial charge is 0.496 e. The minimum absolute atomic E-state index is 0.184. The van der Waals surface area contributed by atoms with Crippen molar-refractivity contribution < 1.29 is 9.53 Å². The predicted octanol–water partition coefficient (Wildman–Crippen LogP) is 2.63. The van der Waals surface area contributed by atoms with Crippen LogP contribution < -0.4 is 10.1 Å². The van der Waals surface area contributed by atoms with Gasteiger partial charge in [0.25, 0.3) is 0 Å². The van der Waals surface area contributed by atoms with Crippen molar-refractivity contribution in [3.63, 3.8) is 0 Å². The Labute approximate surface area is 160 Å². The lowest BCUT2D eigenvalue weighted by Gasteiger charge is -2.27. The molecule has 0 bridgehead atoms. The topological polar surface area (TPSA) is 59.4 Å². The summed E-state index contributed by atoms with van der Waals surface area (Å²) in [4.78, 5) is 14.4. The molecule has 1 aromatic heterocycles. The Hall–Kier alpha value is -2.34. The van der Waals surface area contributed by atoms with Crippen LogP contribution in [0.1, 0.15) is 41.8 Å². The van der Waals surface area contributed by atoms with Gasteiger partial charge < -0.3 is 10.1 Å². The lowest BCUT2D eigenvalue weighted by molar-refractivity contribution is -0.127. The normalized spacial score (nSPS) is 17.3. The number of ether oxygens (including phenoxy) is 1. The van der Waals surface area contributed by atoms with Crippen molar-refractivity contribution >= 4 is 5.91 Å². The first-order valence-corrected chi connectivity index (χ1v) is 9.81. The van der Waals surface area contributed by atoms with Gasteiger partial charge in [0, 0.05) is 25.6 Å². The summed E-state index contributed by atoms with van der Waals surface area (Å²) in [5.74, 6) is 1.35. The van der Waals surface area contributed by atoms with E-state index in [1.165, 1.54) is 23.2 Å². The summed E-state index contributed by atoms with van der Waals surface area (Å²) in [7, 11) is 1.71. The Morgan fingerprint density at radius 1 is 1.30 bits per heavy atom. The van der Waals surface area contributed by atoms with E-state index in [-0.39, 0.29) is 11.8 Å². The third-order valence-electron chi connectivity index (χ3n) is 5.71. The highest BCUT2D eigenvalue weighted by Crippen LogP contribution is 2.26. The lowest BCUT2D eigenvalue weighted by atomic mass is 9.85. The SMILES string of the molecule is COc1ccc(CN2CCn3nc(CNC(=O)C4CCC4)cc3C2)cc1C. The second-order valence-electron chi connectivity index (χ2n) is 7.71. The molecule has 1 aliphatic carbocycles. The number of rotatable bonds is 6. The number of aryl methyl sites for hydroxylation is 1. The molecular formula is C21H28N4O2. The summed E-state index contributed by atoms with van der Waals surface area (Å²) >= 11 is 0. The zero-order valence-corrected chi connectivity index (χ0v) is 16.2. The molecule has 4 rings (SSSR count). The summed E-state index contributed by atoms with van der Waals surface area (Å²) in [6, 6.07) is 8.51. The van der Waals surface area contributed by atoms with Crippen LogP contribution in [0.5, 0.6) is 5.75 Å². The first kappa shape index (κ1) is 18.0. The first-order valence-electron chi connectivity index (χ1n) is 9.81. The molecule has 1 N–H and O–H groups in total. The van der Waals surface area contributed by atoms with Gasteiger partial charge in [0.1, 0.15) is 5.75 Å². The standard InChI is InChI=1S/C21H28N4O2/c1-15-10-16(6-7-20(15)27-2)13-24-8-9-25-19(14-24)11-18(23-25)12-22-21(26)17-4-3-5-17/h6-7,10-11,17H,3-5,8-9,12-14H2,1-2H3,(H,22,26). The Kier molecular flexibility index (Phi) is 5.16. The zero-order valence-electron chi connectivity index (χ0n) is 16.2. The van der Waals surface area contributed by atoms with Crippen LogP contribution in [0.25, 0.3) is 0 Å². The van der Waals surface area contributed by atoms with Crippen molar-refractivity contribution in [2.24, 2.45) is 5.92 Å². The number of carbonyl (C=O) groups is 1. The first-order chi connectivity index (χ1) is 13.1. The van der Waals surface area contributed by atoms with Gasteiger partial charge in [-0.05, 0) is 43.0 Å². The minimum Gasteiger partial charge on any atom is -0.496 e. The summed E-state index contributed by atoms with van der Waals surface area (Å²) in [6.45, 7) is 6.29. The Morgan fingerprint density at radius 2 is 2.15 bits per heavy atom. The summed E-state index contributed by atoms with van der Waals surface area (Å²) in [5.41, 5.74) is 4.65. The van der Waals surface area contributed by atoms with Crippen LogP contribution in [-0.2, 0) is 31.0 Å². The van der Waals surface area contributed by atoms with Crippen molar-refractivity contribution in [1.29, 1.82) is 0 Å². The number of amides is 1. The van der Waals surface area contributed by atoms with E-state index in [4.69, 9.17) is 4.74 Å². The Balaban J connectivity index is 1.34. The number of hydrogen-bond acceptors (Lipinski definition) is 4. The van der Waals surface area contributed by atoms with E-state index in [0.717, 1.165) is 50.5 Å². The third kappa shape index (κ3) is 4.00. The van der Waals surface area contributed by atoms with E-state index in [2.05, 4.69) is 45.1 Å². The van der Waals surface area contributed by atoms with E-state index in [1.807, 2.05) is 6.07 Å². The van der Waals surface area contributed by atoms with E-state index in [1.54, 1.807) is 7.11 Å². The van der Waals surface area contributed by atoms with Crippen LogP contribution in [-0.4, -0.2) is 34.2 Å². The molecule has 0 radical (unpaired) electrons. The second-order valence-corrected chi connectivity index (χ2v) is 7.71. The molecular weight excluding hydrogens is 340 g/mol. The van der Waals surface area contributed by atoms with Gasteiger partial charge in [-0.15, -0.1) is 0 Å². The molecule has 1 saturated carbocycles. The predicted molar refractivity (Wildman–Crippen MR) is 103 cm³/mol. The third-order valence-corrected chi connectivity index (χ3v) is 5.71. The summed E-state index contributed by atoms with van der Waals surface area (Å²) in [5, 5.41) is 7.70. The maximum absolute atomic E-state index is 12.0. The average Bonchev–Trinajstić information content (AvgIpc) is 3.01. The number of nitrogens with zero attached hydrogens (tertiary/aromatic N) is 3. The van der Waals surface area contributed by atoms with Gasteiger partial charge in [-0.1, -0.05) is 18.6 Å². The number of fused-ring (bicyclic) bond motifs is 1. The van der Waals surface area contributed by atoms with Crippen LogP contribution in [0.4, 0.5) is 0 Å². The molecule has 1 aliphatic heterocycles. The van der Waals surface area contributed by atoms with E-state index in [9.17, 15) is 4.79 Å². The summed E-state index contributed by atoms with van der Waals surface area (Å²) < 4.78 is 7.43. The minimum atomic E-state index is 0.184. The van der Waals surface area contributed by atoms with Gasteiger partial charge in [-0.2, -0.15) is 5.10 Å². The molecule has 27 heavy (non-hydrogen) atoms. The lowest BCUT2D eigenvalue weighted by Crippen LogP contribution is -2.34. The number of aromatic nitrogens is 2. The molecule has 1 amide bonds. The Bertz CT molecular complexity index is 826. The smallest absolute Gasteiger partial charge is 0.223 e. The quantitative estimate of drug-likeness (QED) is 0.852. The van der Waals surface area contributed by atoms with Gasteiger partial charge in [0.05, 0.1) is 31.6 Å². The van der Waals surface area contributed by atoms with Crippen LogP contribution in [0.2, 0.25) is 0 Å². The van der Waals surface area contributed by atoms with Gasteiger partial charge in [0.15, 0.2) is 0 Å². The fourth-order valence-electron chi connectivity index (χ4n) is 3.89. The highest BCUT2D eigenvalue weighted by molar-refractivity contribution is 5.79. The number of methoxy groups -OCH3 is 1. The highest BCUT2D eigenvalue weighted by atomic mass is 16.5. The summed E-state index contributed by atoms with van der Waals surface area (Å²) in [6.07, 6.45) is 3.25. The second kappa shape index (κ2) is 7.72. The van der Waals surface area contributed by atoms with Crippen molar-refractivity contribution in [3.8, 4) is 5.75 Å². The molecule has 0 unspecified atom stereocenters. The molecule has 6 nitrogen and oxygen atoms in total. The van der Waals surface area contributed by atoms with Crippen LogP contribution >= 0.6 is 0 Å². The van der Waals surface area contributed by atoms with E-state index >= 15 is 0 Å². The van der Waals surface area contributed by atoms with E-state index in [0.29, 0.717) is 6.54 Å². The average molecular weight is 368 g/mol. The maximum Gasteiger partial charge on any atom is 0.223 e. The number of nitrogens with one attached hydrogen (secondary N) is 1. The molecule has 0 saturated heterocycles. The van der Waals surface area contributed by atoms with Crippen molar-refractivity contribution in [1.82, 2.24) is 20.0 Å². The molecule has 2 heterocycles. The van der Waals surface area contributed by atoms with E-state index < -0.39 is 0 Å². The monoisotopic (exact) mass is 368 g/mol. The van der Waals surface area contributed by atoms with Gasteiger partial charge in [-0.25, -0.2) is 0 Å². The molecule has 0 atom stereocenters. The maximum atomic E-state index is 12.0. The zero-order chi connectivity index (χ0) is 18.8. The fraction of sp³-hybridized carbons (Fsp3) is 0.524. The molecule has 0 spiro atoms. The number of hydrogen-bond donors (Lipinski definition) is 1. The van der Waals surface area contributed by atoms with Gasteiger partial charge in [-0.3, -0.25) is 14.4 Å². The van der Waals surface area contributed by atoms with Crippen molar-refractivity contribution in [2.75, 3.05) is 13.7 Å². The van der Waals surface area contributed by atoms with Crippen LogP contribution in [0, 0.1) is 12.8 Å². The number of carbonyl (C=O) groups excluding carboxylic acids is 1. The Morgan fingerprint density at radius 3 is 2.85 bits per heavy atom. The molecule has 144 valence electrons. The molecule has 2 aliphatic rings. The van der Waals surface area contributed by atoms with Crippen molar-refractivity contribution in [2.45, 2.75) is 52.4 Å².